The first-order valence-corrected chi connectivity index (χ1v) is 12.6. The minimum atomic E-state index is -0.417. The van der Waals surface area contributed by atoms with Crippen molar-refractivity contribution in [3.05, 3.63) is 33.8 Å². The van der Waals surface area contributed by atoms with Gasteiger partial charge in [-0.2, -0.15) is 0 Å². The van der Waals surface area contributed by atoms with E-state index < -0.39 is 5.91 Å². The zero-order valence-electron chi connectivity index (χ0n) is 16.6. The van der Waals surface area contributed by atoms with Gasteiger partial charge in [-0.25, -0.2) is 0 Å². The number of nitrogens with two attached hydrogens (primary N) is 1. The number of hydrogen-bond acceptors (Lipinski definition) is 9. The van der Waals surface area contributed by atoms with E-state index in [-0.39, 0.29) is 17.8 Å². The zero-order chi connectivity index (χ0) is 22.4. The fourth-order valence-corrected chi connectivity index (χ4v) is 5.96. The molecule has 1 aromatic carbocycles. The Morgan fingerprint density at radius 3 is 2.81 bits per heavy atom. The van der Waals surface area contributed by atoms with Gasteiger partial charge in [0.15, 0.2) is 8.68 Å². The standard InChI is InChI=1S/C18H21Cl2N5O3S3/c1-11(26)25(31-18-23-22-17(30-18)29-10-16(21)27)9-13-8-24(4-5-28-13)7-12-2-3-14(19)15(20)6-12/h2-3,6,13H,4-5,7-10H2,1H3,(H2,21,27)/t13-/m0/s1. The fraction of sp³-hybridized carbons (Fsp3) is 0.444. The van der Waals surface area contributed by atoms with E-state index in [2.05, 4.69) is 15.1 Å². The highest BCUT2D eigenvalue weighted by Crippen LogP contribution is 2.31. The van der Waals surface area contributed by atoms with Gasteiger partial charge in [-0.1, -0.05) is 52.4 Å². The molecule has 3 rings (SSSR count). The second kappa shape index (κ2) is 11.7. The summed E-state index contributed by atoms with van der Waals surface area (Å²) in [6.45, 7) is 4.70. The summed E-state index contributed by atoms with van der Waals surface area (Å²) in [4.78, 5) is 25.4. The van der Waals surface area contributed by atoms with Crippen LogP contribution in [0.25, 0.3) is 0 Å². The lowest BCUT2D eigenvalue weighted by Crippen LogP contribution is -2.46. The number of carbonyl (C=O) groups excluding carboxylic acids is 2. The van der Waals surface area contributed by atoms with Gasteiger partial charge in [0, 0.05) is 38.5 Å². The van der Waals surface area contributed by atoms with Crippen LogP contribution in [0, 0.1) is 0 Å². The maximum atomic E-state index is 12.2. The van der Waals surface area contributed by atoms with E-state index in [1.54, 1.807) is 10.4 Å². The van der Waals surface area contributed by atoms with Crippen LogP contribution in [0.5, 0.6) is 0 Å². The predicted molar refractivity (Wildman–Crippen MR) is 125 cm³/mol. The van der Waals surface area contributed by atoms with Crippen molar-refractivity contribution in [3.63, 3.8) is 0 Å². The van der Waals surface area contributed by atoms with Crippen LogP contribution >= 0.6 is 58.2 Å². The highest BCUT2D eigenvalue weighted by atomic mass is 35.5. The minimum Gasteiger partial charge on any atom is -0.374 e. The summed E-state index contributed by atoms with van der Waals surface area (Å²) in [7, 11) is 0. The molecule has 2 aromatic rings. The molecule has 1 atom stereocenters. The number of morpholine rings is 1. The third-order valence-corrected chi connectivity index (χ3v) is 8.20. The largest absolute Gasteiger partial charge is 0.374 e. The Hall–Kier alpha value is -1.08. The number of benzene rings is 1. The molecule has 0 saturated carbocycles. The number of primary amides is 1. The van der Waals surface area contributed by atoms with Crippen molar-refractivity contribution in [1.82, 2.24) is 19.4 Å². The molecule has 0 spiro atoms. The van der Waals surface area contributed by atoms with Gasteiger partial charge < -0.3 is 10.5 Å². The Bertz CT molecular complexity index is 933. The Kier molecular flexibility index (Phi) is 9.26. The smallest absolute Gasteiger partial charge is 0.229 e. The normalized spacial score (nSPS) is 16.9. The van der Waals surface area contributed by atoms with E-state index in [0.29, 0.717) is 38.4 Å². The molecule has 1 aliphatic rings. The van der Waals surface area contributed by atoms with Crippen LogP contribution in [-0.4, -0.2) is 69.3 Å². The molecule has 0 unspecified atom stereocenters. The monoisotopic (exact) mass is 521 g/mol. The first-order valence-electron chi connectivity index (χ1n) is 9.28. The Morgan fingerprint density at radius 2 is 2.10 bits per heavy atom. The Labute approximate surface area is 202 Å². The van der Waals surface area contributed by atoms with Gasteiger partial charge in [0.25, 0.3) is 0 Å². The quantitative estimate of drug-likeness (QED) is 0.396. The van der Waals surface area contributed by atoms with Crippen LogP contribution < -0.4 is 5.73 Å². The van der Waals surface area contributed by atoms with Crippen LogP contribution in [0.15, 0.2) is 26.9 Å². The van der Waals surface area contributed by atoms with E-state index >= 15 is 0 Å². The highest BCUT2D eigenvalue weighted by Gasteiger charge is 2.25. The van der Waals surface area contributed by atoms with Crippen molar-refractivity contribution in [3.8, 4) is 0 Å². The van der Waals surface area contributed by atoms with Crippen molar-refractivity contribution in [2.24, 2.45) is 5.73 Å². The molecule has 0 radical (unpaired) electrons. The molecule has 1 aliphatic heterocycles. The number of nitrogens with zero attached hydrogens (tertiary/aromatic N) is 4. The molecule has 13 heteroatoms. The third-order valence-electron chi connectivity index (χ3n) is 4.25. The van der Waals surface area contributed by atoms with Crippen molar-refractivity contribution < 1.29 is 14.3 Å². The molecule has 1 fully saturated rings. The molecular formula is C18H21Cl2N5O3S3. The molecule has 0 bridgehead atoms. The van der Waals surface area contributed by atoms with Crippen molar-refractivity contribution in [2.75, 3.05) is 32.0 Å². The average Bonchev–Trinajstić information content (AvgIpc) is 3.16. The summed E-state index contributed by atoms with van der Waals surface area (Å²) < 4.78 is 8.76. The van der Waals surface area contributed by atoms with E-state index in [1.807, 2.05) is 12.1 Å². The summed E-state index contributed by atoms with van der Waals surface area (Å²) >= 11 is 15.9. The molecule has 2 heterocycles. The lowest BCUT2D eigenvalue weighted by Gasteiger charge is -2.35. The van der Waals surface area contributed by atoms with Crippen LogP contribution in [0.4, 0.5) is 0 Å². The van der Waals surface area contributed by atoms with Crippen LogP contribution in [0.3, 0.4) is 0 Å². The summed E-state index contributed by atoms with van der Waals surface area (Å²) in [5.41, 5.74) is 6.23. The molecule has 2 amide bonds. The van der Waals surface area contributed by atoms with Gasteiger partial charge in [0.05, 0.1) is 35.1 Å². The second-order valence-electron chi connectivity index (χ2n) is 6.74. The number of ether oxygens (including phenoxy) is 1. The predicted octanol–water partition coefficient (Wildman–Crippen LogP) is 3.18. The lowest BCUT2D eigenvalue weighted by molar-refractivity contribution is -0.126. The molecule has 8 nitrogen and oxygen atoms in total. The first-order chi connectivity index (χ1) is 14.8. The fourth-order valence-electron chi connectivity index (χ4n) is 2.87. The Balaban J connectivity index is 1.56. The lowest BCUT2D eigenvalue weighted by atomic mass is 10.2. The molecule has 2 N–H and O–H groups in total. The maximum absolute atomic E-state index is 12.2. The molecule has 168 valence electrons. The third kappa shape index (κ3) is 7.77. The maximum Gasteiger partial charge on any atom is 0.229 e. The highest BCUT2D eigenvalue weighted by molar-refractivity contribution is 8.03. The SMILES string of the molecule is CC(=O)N(C[C@@H]1CN(Cc2ccc(Cl)c(Cl)c2)CCO1)Sc1nnc(SCC(N)=O)s1. The average molecular weight is 523 g/mol. The van der Waals surface area contributed by atoms with Gasteiger partial charge in [-0.3, -0.25) is 18.8 Å². The number of hydrogen-bond donors (Lipinski definition) is 1. The van der Waals surface area contributed by atoms with Crippen LogP contribution in [-0.2, 0) is 20.9 Å². The number of aromatic nitrogens is 2. The van der Waals surface area contributed by atoms with Gasteiger partial charge in [0.1, 0.15) is 0 Å². The van der Waals surface area contributed by atoms with E-state index in [0.717, 1.165) is 18.7 Å². The summed E-state index contributed by atoms with van der Waals surface area (Å²) in [6, 6.07) is 5.62. The van der Waals surface area contributed by atoms with Gasteiger partial charge >= 0.3 is 0 Å². The Morgan fingerprint density at radius 1 is 1.32 bits per heavy atom. The van der Waals surface area contributed by atoms with E-state index in [1.165, 1.54) is 42.0 Å². The van der Waals surface area contributed by atoms with Crippen molar-refractivity contribution in [2.45, 2.75) is 28.3 Å². The van der Waals surface area contributed by atoms with E-state index in [4.69, 9.17) is 33.7 Å². The molecular weight excluding hydrogens is 501 g/mol. The van der Waals surface area contributed by atoms with Gasteiger partial charge in [-0.15, -0.1) is 10.2 Å². The van der Waals surface area contributed by atoms with Crippen LogP contribution in [0.2, 0.25) is 10.0 Å². The molecule has 1 aromatic heterocycles. The number of rotatable bonds is 9. The van der Waals surface area contributed by atoms with Crippen LogP contribution in [0.1, 0.15) is 12.5 Å². The second-order valence-corrected chi connectivity index (χ2v) is 11.0. The number of thioether (sulfide) groups is 1. The molecule has 1 saturated heterocycles. The van der Waals surface area contributed by atoms with Crippen molar-refractivity contribution >= 4 is 70.1 Å². The summed E-state index contributed by atoms with van der Waals surface area (Å²) in [5.74, 6) is -0.378. The first kappa shape index (κ1) is 24.6. The number of amides is 2. The molecule has 0 aliphatic carbocycles. The molecule has 31 heavy (non-hydrogen) atoms. The zero-order valence-corrected chi connectivity index (χ0v) is 20.6. The minimum absolute atomic E-state index is 0.100. The number of carbonyl (C=O) groups is 2. The van der Waals surface area contributed by atoms with Crippen molar-refractivity contribution in [1.29, 1.82) is 0 Å². The summed E-state index contributed by atoms with van der Waals surface area (Å²) in [6.07, 6.45) is -0.135. The summed E-state index contributed by atoms with van der Waals surface area (Å²) in [5, 5.41) is 9.18. The number of halogens is 2. The van der Waals surface area contributed by atoms with Gasteiger partial charge in [-0.05, 0) is 17.7 Å². The van der Waals surface area contributed by atoms with E-state index in [9.17, 15) is 9.59 Å². The van der Waals surface area contributed by atoms with Gasteiger partial charge in [0.2, 0.25) is 11.8 Å². The topological polar surface area (TPSA) is 102 Å².